The van der Waals surface area contributed by atoms with Gasteiger partial charge in [-0.2, -0.15) is 0 Å². The summed E-state index contributed by atoms with van der Waals surface area (Å²) in [6.07, 6.45) is 2.02. The predicted molar refractivity (Wildman–Crippen MR) is 106 cm³/mol. The average Bonchev–Trinajstić information content (AvgIpc) is 2.69. The number of carbonyl (C=O) groups excluding carboxylic acids is 2. The number of carbonyl (C=O) groups is 2. The minimum absolute atomic E-state index is 0.225. The van der Waals surface area contributed by atoms with Gasteiger partial charge in [0.2, 0.25) is 11.8 Å². The summed E-state index contributed by atoms with van der Waals surface area (Å²) in [6.45, 7) is 1.44. The van der Waals surface area contributed by atoms with Crippen LogP contribution in [0, 0.1) is 5.41 Å². The van der Waals surface area contributed by atoms with E-state index in [2.05, 4.69) is 10.6 Å². The highest BCUT2D eigenvalue weighted by Gasteiger charge is 2.50. The highest BCUT2D eigenvalue weighted by atomic mass is 16.5. The topological polar surface area (TPSA) is 76.7 Å². The summed E-state index contributed by atoms with van der Waals surface area (Å²) in [5, 5.41) is 5.67. The molecule has 2 aromatic rings. The number of benzene rings is 2. The molecule has 0 atom stereocenters. The van der Waals surface area contributed by atoms with E-state index in [9.17, 15) is 9.59 Å². The maximum Gasteiger partial charge on any atom is 0.235 e. The first-order chi connectivity index (χ1) is 13.7. The molecule has 0 heterocycles. The Morgan fingerprint density at radius 1 is 0.750 bits per heavy atom. The summed E-state index contributed by atoms with van der Waals surface area (Å²) in [4.78, 5) is 25.2. The van der Waals surface area contributed by atoms with Crippen LogP contribution in [0.2, 0.25) is 0 Å². The van der Waals surface area contributed by atoms with E-state index in [1.54, 1.807) is 0 Å². The van der Waals surface area contributed by atoms with Gasteiger partial charge in [-0.1, -0.05) is 42.8 Å². The van der Waals surface area contributed by atoms with E-state index in [0.717, 1.165) is 17.9 Å². The van der Waals surface area contributed by atoms with E-state index in [1.807, 2.05) is 60.7 Å². The molecule has 0 spiro atoms. The van der Waals surface area contributed by atoms with E-state index in [4.69, 9.17) is 9.47 Å². The quantitative estimate of drug-likeness (QED) is 0.489. The molecule has 1 aliphatic rings. The highest BCUT2D eigenvalue weighted by Crippen LogP contribution is 2.41. The molecule has 0 aliphatic heterocycles. The van der Waals surface area contributed by atoms with Gasteiger partial charge in [0.1, 0.15) is 30.1 Å². The van der Waals surface area contributed by atoms with Crippen molar-refractivity contribution < 1.29 is 19.1 Å². The Kier molecular flexibility index (Phi) is 6.89. The van der Waals surface area contributed by atoms with Crippen molar-refractivity contribution >= 4 is 11.8 Å². The lowest BCUT2D eigenvalue weighted by atomic mass is 9.67. The fourth-order valence-electron chi connectivity index (χ4n) is 3.13. The van der Waals surface area contributed by atoms with Crippen LogP contribution >= 0.6 is 0 Å². The van der Waals surface area contributed by atoms with Crippen LogP contribution in [0.25, 0.3) is 0 Å². The molecule has 148 valence electrons. The van der Waals surface area contributed by atoms with Gasteiger partial charge in [0, 0.05) is 0 Å². The van der Waals surface area contributed by atoms with Crippen LogP contribution in [-0.2, 0) is 9.59 Å². The number of rotatable bonds is 10. The highest BCUT2D eigenvalue weighted by molar-refractivity contribution is 6.05. The van der Waals surface area contributed by atoms with Crippen LogP contribution in [0.1, 0.15) is 19.3 Å². The summed E-state index contributed by atoms with van der Waals surface area (Å²) in [6, 6.07) is 18.8. The minimum Gasteiger partial charge on any atom is -0.492 e. The molecule has 3 rings (SSSR count). The molecule has 0 bridgehead atoms. The third kappa shape index (κ3) is 5.03. The zero-order valence-electron chi connectivity index (χ0n) is 15.9. The van der Waals surface area contributed by atoms with Crippen LogP contribution in [0.4, 0.5) is 0 Å². The minimum atomic E-state index is -0.959. The Hall–Kier alpha value is -3.02. The number of amides is 2. The number of para-hydroxylation sites is 2. The van der Waals surface area contributed by atoms with E-state index < -0.39 is 5.41 Å². The van der Waals surface area contributed by atoms with Crippen LogP contribution in [0.15, 0.2) is 60.7 Å². The Labute approximate surface area is 165 Å². The molecule has 1 aliphatic carbocycles. The van der Waals surface area contributed by atoms with Gasteiger partial charge in [0.25, 0.3) is 0 Å². The zero-order valence-corrected chi connectivity index (χ0v) is 15.9. The molecule has 1 fully saturated rings. The van der Waals surface area contributed by atoms with Gasteiger partial charge in [-0.15, -0.1) is 0 Å². The maximum absolute atomic E-state index is 12.6. The number of hydrogen-bond acceptors (Lipinski definition) is 4. The van der Waals surface area contributed by atoms with Crippen LogP contribution in [-0.4, -0.2) is 38.1 Å². The smallest absolute Gasteiger partial charge is 0.235 e. The fraction of sp³-hybridized carbons (Fsp3) is 0.364. The largest absolute Gasteiger partial charge is 0.492 e. The molecule has 0 unspecified atom stereocenters. The number of hydrogen-bond donors (Lipinski definition) is 2. The van der Waals surface area contributed by atoms with Crippen LogP contribution in [0.5, 0.6) is 11.5 Å². The van der Waals surface area contributed by atoms with Gasteiger partial charge in [-0.25, -0.2) is 0 Å². The standard InChI is InChI=1S/C22H26N2O4/c25-20(23-14-16-27-18-8-3-1-4-9-18)22(12-7-13-22)21(26)24-15-17-28-19-10-5-2-6-11-19/h1-6,8-11H,7,12-17H2,(H,23,25)(H,24,26). The predicted octanol–water partition coefficient (Wildman–Crippen LogP) is 2.55. The average molecular weight is 382 g/mol. The lowest BCUT2D eigenvalue weighted by molar-refractivity contribution is -0.149. The molecular formula is C22H26N2O4. The first-order valence-electron chi connectivity index (χ1n) is 9.63. The second-order valence-electron chi connectivity index (χ2n) is 6.77. The van der Waals surface area contributed by atoms with Gasteiger partial charge in [-0.3, -0.25) is 9.59 Å². The van der Waals surface area contributed by atoms with Crippen molar-refractivity contribution in [1.29, 1.82) is 0 Å². The zero-order chi connectivity index (χ0) is 19.7. The fourth-order valence-corrected chi connectivity index (χ4v) is 3.13. The lowest BCUT2D eigenvalue weighted by Crippen LogP contribution is -2.56. The van der Waals surface area contributed by atoms with Crippen molar-refractivity contribution in [3.05, 3.63) is 60.7 Å². The van der Waals surface area contributed by atoms with Gasteiger partial charge >= 0.3 is 0 Å². The summed E-state index contributed by atoms with van der Waals surface area (Å²) in [5.41, 5.74) is -0.959. The summed E-state index contributed by atoms with van der Waals surface area (Å²) in [7, 11) is 0. The first-order valence-corrected chi connectivity index (χ1v) is 9.63. The Morgan fingerprint density at radius 3 is 1.54 bits per heavy atom. The molecule has 6 nitrogen and oxygen atoms in total. The monoisotopic (exact) mass is 382 g/mol. The van der Waals surface area contributed by atoms with Gasteiger partial charge < -0.3 is 20.1 Å². The van der Waals surface area contributed by atoms with E-state index >= 15 is 0 Å². The summed E-state index contributed by atoms with van der Waals surface area (Å²) in [5.74, 6) is 1.06. The van der Waals surface area contributed by atoms with E-state index in [-0.39, 0.29) is 11.8 Å². The molecular weight excluding hydrogens is 356 g/mol. The second kappa shape index (κ2) is 9.78. The molecule has 28 heavy (non-hydrogen) atoms. The normalized spacial score (nSPS) is 14.4. The van der Waals surface area contributed by atoms with E-state index in [1.165, 1.54) is 0 Å². The molecule has 0 radical (unpaired) electrons. The number of nitrogens with one attached hydrogen (secondary N) is 2. The van der Waals surface area contributed by atoms with Crippen molar-refractivity contribution in [2.45, 2.75) is 19.3 Å². The Bertz CT molecular complexity index is 699. The maximum atomic E-state index is 12.6. The molecule has 6 heteroatoms. The second-order valence-corrected chi connectivity index (χ2v) is 6.77. The van der Waals surface area contributed by atoms with Crippen molar-refractivity contribution in [2.24, 2.45) is 5.41 Å². The van der Waals surface area contributed by atoms with Crippen LogP contribution < -0.4 is 20.1 Å². The first kappa shape index (κ1) is 19.7. The van der Waals surface area contributed by atoms with Gasteiger partial charge in [0.15, 0.2) is 0 Å². The third-order valence-electron chi connectivity index (χ3n) is 4.88. The van der Waals surface area contributed by atoms with Crippen molar-refractivity contribution in [3.63, 3.8) is 0 Å². The van der Waals surface area contributed by atoms with Crippen molar-refractivity contribution in [1.82, 2.24) is 10.6 Å². The molecule has 2 amide bonds. The summed E-state index contributed by atoms with van der Waals surface area (Å²) < 4.78 is 11.1. The Balaban J connectivity index is 1.39. The lowest BCUT2D eigenvalue weighted by Gasteiger charge is -2.38. The third-order valence-corrected chi connectivity index (χ3v) is 4.88. The molecule has 2 N–H and O–H groups in total. The van der Waals surface area contributed by atoms with Crippen molar-refractivity contribution in [3.8, 4) is 11.5 Å². The molecule has 1 saturated carbocycles. The molecule has 2 aromatic carbocycles. The molecule has 0 aromatic heterocycles. The van der Waals surface area contributed by atoms with Crippen molar-refractivity contribution in [2.75, 3.05) is 26.3 Å². The number of ether oxygens (including phenoxy) is 2. The summed E-state index contributed by atoms with van der Waals surface area (Å²) >= 11 is 0. The Morgan fingerprint density at radius 2 is 1.18 bits per heavy atom. The molecule has 0 saturated heterocycles. The van der Waals surface area contributed by atoms with Gasteiger partial charge in [-0.05, 0) is 37.1 Å². The SMILES string of the molecule is O=C(NCCOc1ccccc1)C1(C(=O)NCCOc2ccccc2)CCC1. The van der Waals surface area contributed by atoms with E-state index in [0.29, 0.717) is 39.1 Å². The van der Waals surface area contributed by atoms with Crippen LogP contribution in [0.3, 0.4) is 0 Å². The van der Waals surface area contributed by atoms with Gasteiger partial charge in [0.05, 0.1) is 13.1 Å².